The number of unbranched alkanes of at least 4 members (excludes halogenated alkanes) is 17. The van der Waals surface area contributed by atoms with Crippen LogP contribution in [0.4, 0.5) is 0 Å². The molecule has 0 aromatic heterocycles. The highest BCUT2D eigenvalue weighted by molar-refractivity contribution is 5.71. The van der Waals surface area contributed by atoms with Crippen LogP contribution in [0, 0.1) is 0 Å². The highest BCUT2D eigenvalue weighted by atomic mass is 16.6. The molecule has 0 saturated carbocycles. The van der Waals surface area contributed by atoms with Gasteiger partial charge in [-0.15, -0.1) is 0 Å². The predicted molar refractivity (Wildman–Crippen MR) is 348 cm³/mol. The number of hydrogen-bond donors (Lipinski definition) is 0. The van der Waals surface area contributed by atoms with Crippen molar-refractivity contribution < 1.29 is 28.6 Å². The quantitative estimate of drug-likeness (QED) is 0.0261. The molecule has 6 nitrogen and oxygen atoms in total. The van der Waals surface area contributed by atoms with Crippen molar-refractivity contribution in [2.45, 2.75) is 264 Å². The van der Waals surface area contributed by atoms with Gasteiger partial charge in [0.25, 0.3) is 0 Å². The van der Waals surface area contributed by atoms with E-state index in [-0.39, 0.29) is 37.5 Å². The molecular weight excluding hydrogens is 985 g/mol. The Morgan fingerprint density at radius 3 is 0.787 bits per heavy atom. The molecule has 0 aliphatic heterocycles. The lowest BCUT2D eigenvalue weighted by molar-refractivity contribution is -0.167. The Kier molecular flexibility index (Phi) is 61.9. The van der Waals surface area contributed by atoms with Crippen molar-refractivity contribution in [3.63, 3.8) is 0 Å². The lowest BCUT2D eigenvalue weighted by Gasteiger charge is -2.18. The summed E-state index contributed by atoms with van der Waals surface area (Å²) in [4.78, 5) is 38.2. The SMILES string of the molecule is CC/C=C\C/C=C\C/C=C\C/C=C\C/C=C\C/C=C\C/C=C\C/C=C\CCCCCCCCCCC(=O)OCC(COC(=O)CCCCCCC/C=C\CCC)OC(=O)CCCCC/C=C\C/C=C\C/C=C\C/C=C\C/C=C\CC. The minimum absolute atomic E-state index is 0.105. The molecule has 0 amide bonds. The molecule has 80 heavy (non-hydrogen) atoms. The van der Waals surface area contributed by atoms with Gasteiger partial charge < -0.3 is 14.2 Å². The Morgan fingerprint density at radius 2 is 0.487 bits per heavy atom. The number of carbonyl (C=O) groups is 3. The van der Waals surface area contributed by atoms with Gasteiger partial charge in [-0.3, -0.25) is 14.4 Å². The van der Waals surface area contributed by atoms with Crippen LogP contribution in [0.15, 0.2) is 170 Å². The van der Waals surface area contributed by atoms with E-state index < -0.39 is 6.10 Å². The maximum atomic E-state index is 12.9. The second-order valence-corrected chi connectivity index (χ2v) is 20.5. The maximum Gasteiger partial charge on any atom is 0.306 e. The molecule has 0 aliphatic carbocycles. The molecule has 0 aliphatic rings. The van der Waals surface area contributed by atoms with E-state index in [0.717, 1.165) is 167 Å². The molecule has 0 aromatic carbocycles. The zero-order valence-electron chi connectivity index (χ0n) is 51.3. The summed E-state index contributed by atoms with van der Waals surface area (Å²) in [5.74, 6) is -0.963. The van der Waals surface area contributed by atoms with Crippen molar-refractivity contribution in [2.75, 3.05) is 13.2 Å². The molecule has 0 heterocycles. The van der Waals surface area contributed by atoms with E-state index in [1.165, 1.54) is 44.9 Å². The standard InChI is InChI=1S/C74H116O6/c1-4-7-10-13-16-19-22-24-26-28-30-31-32-33-34-35-36-37-38-39-40-41-42-43-45-46-48-50-52-55-58-61-64-67-73(76)79-70-71(69-78-72(75)66-63-60-57-54-21-18-15-12-9-6-3)80-74(77)68-65-62-59-56-53-51-49-47-44-29-27-25-23-20-17-14-11-8-5-2/h7-8,10-12,15-17,19-20,24-27,30-31,33-34,36-37,39-40,42-44,47,51,53,71H,4-6,9,13-14,18,21-23,28-29,32,35,38,41,45-46,48-50,52,54-70H2,1-3H3/b10-7-,11-8-,15-12-,19-16-,20-17-,26-24-,27-25-,31-30-,34-33-,37-36-,40-39-,43-42-,47-44-,53-51-. The zero-order valence-corrected chi connectivity index (χ0v) is 51.3. The van der Waals surface area contributed by atoms with E-state index in [1.54, 1.807) is 0 Å². The lowest BCUT2D eigenvalue weighted by Crippen LogP contribution is -2.30. The zero-order chi connectivity index (χ0) is 57.8. The van der Waals surface area contributed by atoms with Crippen molar-refractivity contribution in [1.29, 1.82) is 0 Å². The van der Waals surface area contributed by atoms with Gasteiger partial charge in [0.15, 0.2) is 6.10 Å². The third-order valence-electron chi connectivity index (χ3n) is 12.9. The van der Waals surface area contributed by atoms with Gasteiger partial charge in [-0.2, -0.15) is 0 Å². The van der Waals surface area contributed by atoms with Crippen molar-refractivity contribution in [1.82, 2.24) is 0 Å². The number of esters is 3. The molecule has 0 bridgehead atoms. The monoisotopic (exact) mass is 1100 g/mol. The van der Waals surface area contributed by atoms with Crippen molar-refractivity contribution in [3.05, 3.63) is 170 Å². The van der Waals surface area contributed by atoms with Crippen molar-refractivity contribution >= 4 is 17.9 Å². The Bertz CT molecular complexity index is 1840. The van der Waals surface area contributed by atoms with Crippen molar-refractivity contribution in [2.24, 2.45) is 0 Å². The van der Waals surface area contributed by atoms with Gasteiger partial charge >= 0.3 is 17.9 Å². The number of allylic oxidation sites excluding steroid dienone is 28. The van der Waals surface area contributed by atoms with Gasteiger partial charge in [-0.25, -0.2) is 0 Å². The van der Waals surface area contributed by atoms with Gasteiger partial charge in [0.05, 0.1) is 0 Å². The van der Waals surface area contributed by atoms with Crippen LogP contribution in [0.3, 0.4) is 0 Å². The Labute approximate surface area is 492 Å². The molecular formula is C74H116O6. The first-order valence-electron chi connectivity index (χ1n) is 32.1. The first kappa shape index (κ1) is 74.8. The van der Waals surface area contributed by atoms with Crippen molar-refractivity contribution in [3.8, 4) is 0 Å². The summed E-state index contributed by atoms with van der Waals surface area (Å²) in [6.45, 7) is 6.30. The molecule has 1 unspecified atom stereocenters. The summed E-state index contributed by atoms with van der Waals surface area (Å²) in [6.07, 6.45) is 98.0. The van der Waals surface area contributed by atoms with Gasteiger partial charge in [-0.1, -0.05) is 262 Å². The molecule has 6 heteroatoms. The summed E-state index contributed by atoms with van der Waals surface area (Å²) < 4.78 is 16.8. The minimum Gasteiger partial charge on any atom is -0.462 e. The lowest BCUT2D eigenvalue weighted by atomic mass is 10.1. The van der Waals surface area contributed by atoms with Crippen LogP contribution >= 0.6 is 0 Å². The van der Waals surface area contributed by atoms with E-state index >= 15 is 0 Å². The van der Waals surface area contributed by atoms with Crippen LogP contribution in [0.5, 0.6) is 0 Å². The number of hydrogen-bond acceptors (Lipinski definition) is 6. The fourth-order valence-electron chi connectivity index (χ4n) is 8.19. The summed E-state index contributed by atoms with van der Waals surface area (Å²) in [6, 6.07) is 0. The molecule has 0 fully saturated rings. The molecule has 448 valence electrons. The third kappa shape index (κ3) is 63.6. The van der Waals surface area contributed by atoms with Gasteiger partial charge in [0.2, 0.25) is 0 Å². The maximum absolute atomic E-state index is 12.9. The van der Waals surface area contributed by atoms with Gasteiger partial charge in [0, 0.05) is 19.3 Å². The summed E-state index contributed by atoms with van der Waals surface area (Å²) in [5, 5.41) is 0. The van der Waals surface area contributed by atoms with Crippen LogP contribution in [-0.2, 0) is 28.6 Å². The number of carbonyl (C=O) groups excluding carboxylic acids is 3. The Hall–Kier alpha value is -5.23. The van der Waals surface area contributed by atoms with E-state index in [9.17, 15) is 14.4 Å². The highest BCUT2D eigenvalue weighted by Crippen LogP contribution is 2.14. The largest absolute Gasteiger partial charge is 0.462 e. The first-order valence-corrected chi connectivity index (χ1v) is 32.1. The summed E-state index contributed by atoms with van der Waals surface area (Å²) in [5.41, 5.74) is 0. The first-order chi connectivity index (χ1) is 39.5. The van der Waals surface area contributed by atoms with E-state index in [4.69, 9.17) is 14.2 Å². The topological polar surface area (TPSA) is 78.9 Å². The fourth-order valence-corrected chi connectivity index (χ4v) is 8.19. The van der Waals surface area contributed by atoms with Gasteiger partial charge in [0.1, 0.15) is 13.2 Å². The van der Waals surface area contributed by atoms with Crippen LogP contribution in [-0.4, -0.2) is 37.2 Å². The van der Waals surface area contributed by atoms with Crippen LogP contribution in [0.1, 0.15) is 258 Å². The second-order valence-electron chi connectivity index (χ2n) is 20.5. The van der Waals surface area contributed by atoms with Gasteiger partial charge in [-0.05, 0) is 148 Å². The Balaban J connectivity index is 4.31. The predicted octanol–water partition coefficient (Wildman–Crippen LogP) is 22.3. The average Bonchev–Trinajstić information content (AvgIpc) is 3.46. The number of ether oxygens (including phenoxy) is 3. The molecule has 0 saturated heterocycles. The molecule has 0 N–H and O–H groups in total. The van der Waals surface area contributed by atoms with E-state index in [0.29, 0.717) is 19.3 Å². The normalized spacial score (nSPS) is 13.3. The van der Waals surface area contributed by atoms with Crippen LogP contribution < -0.4 is 0 Å². The summed E-state index contributed by atoms with van der Waals surface area (Å²) in [7, 11) is 0. The smallest absolute Gasteiger partial charge is 0.306 e. The molecule has 1 atom stereocenters. The Morgan fingerprint density at radius 1 is 0.263 bits per heavy atom. The summed E-state index contributed by atoms with van der Waals surface area (Å²) >= 11 is 0. The van der Waals surface area contributed by atoms with E-state index in [2.05, 4.69) is 191 Å². The average molecular weight is 1100 g/mol. The highest BCUT2D eigenvalue weighted by Gasteiger charge is 2.19. The minimum atomic E-state index is -0.811. The number of rotatable bonds is 56. The van der Waals surface area contributed by atoms with Crippen LogP contribution in [0.25, 0.3) is 0 Å². The molecule has 0 rings (SSSR count). The molecule has 0 aromatic rings. The fraction of sp³-hybridized carbons (Fsp3) is 0.581. The van der Waals surface area contributed by atoms with Crippen LogP contribution in [0.2, 0.25) is 0 Å². The second kappa shape index (κ2) is 66.3. The third-order valence-corrected chi connectivity index (χ3v) is 12.9. The molecule has 0 radical (unpaired) electrons. The molecule has 0 spiro atoms. The van der Waals surface area contributed by atoms with E-state index in [1.807, 2.05) is 0 Å².